The van der Waals surface area contributed by atoms with Crippen molar-refractivity contribution in [2.45, 2.75) is 13.5 Å². The Bertz CT molecular complexity index is 974. The van der Waals surface area contributed by atoms with E-state index in [1.807, 2.05) is 17.5 Å². The molecular weight excluding hydrogens is 328 g/mol. The quantitative estimate of drug-likeness (QED) is 0.712. The average Bonchev–Trinajstić information content (AvgIpc) is 3.01. The van der Waals surface area contributed by atoms with Crippen molar-refractivity contribution in [3.05, 3.63) is 40.3 Å². The van der Waals surface area contributed by atoms with Crippen molar-refractivity contribution in [3.63, 3.8) is 0 Å². The molecule has 0 aliphatic carbocycles. The van der Waals surface area contributed by atoms with Crippen LogP contribution in [-0.4, -0.2) is 29.6 Å². The van der Waals surface area contributed by atoms with Gasteiger partial charge in [0, 0.05) is 10.9 Å². The number of carbonyl (C=O) groups is 1. The van der Waals surface area contributed by atoms with E-state index >= 15 is 0 Å². The Morgan fingerprint density at radius 3 is 2.67 bits per heavy atom. The van der Waals surface area contributed by atoms with Gasteiger partial charge in [0.1, 0.15) is 10.6 Å². The maximum Gasteiger partial charge on any atom is 0.263 e. The first-order valence-electron chi connectivity index (χ1n) is 7.23. The molecule has 0 spiro atoms. The molecule has 0 aliphatic rings. The van der Waals surface area contributed by atoms with Gasteiger partial charge in [0.15, 0.2) is 11.5 Å². The van der Waals surface area contributed by atoms with Gasteiger partial charge in [-0.05, 0) is 24.6 Å². The van der Waals surface area contributed by atoms with Crippen molar-refractivity contribution in [2.24, 2.45) is 0 Å². The predicted molar refractivity (Wildman–Crippen MR) is 93.1 cm³/mol. The first-order chi connectivity index (χ1) is 11.5. The summed E-state index contributed by atoms with van der Waals surface area (Å²) in [6.07, 6.45) is 1.42. The summed E-state index contributed by atoms with van der Waals surface area (Å²) in [6, 6.07) is 5.48. The standard InChI is InChI=1S/C17H16N2O4S/c1-10(20)7-19-9-18-16-15(17(19)21)12(8-24-16)11-4-5-13(22-2)14(6-11)23-3/h4-6,8-9H,7H2,1-3H3. The number of hydrogen-bond donors (Lipinski definition) is 0. The zero-order chi connectivity index (χ0) is 17.3. The number of methoxy groups -OCH3 is 2. The van der Waals surface area contributed by atoms with Crippen LogP contribution in [0.1, 0.15) is 6.92 Å². The Morgan fingerprint density at radius 2 is 2.00 bits per heavy atom. The van der Waals surface area contributed by atoms with Crippen LogP contribution in [-0.2, 0) is 11.3 Å². The minimum Gasteiger partial charge on any atom is -0.493 e. The van der Waals surface area contributed by atoms with E-state index in [-0.39, 0.29) is 17.9 Å². The fourth-order valence-electron chi connectivity index (χ4n) is 2.54. The summed E-state index contributed by atoms with van der Waals surface area (Å²) < 4.78 is 11.9. The number of ether oxygens (including phenoxy) is 2. The monoisotopic (exact) mass is 344 g/mol. The Morgan fingerprint density at radius 1 is 1.25 bits per heavy atom. The highest BCUT2D eigenvalue weighted by Gasteiger charge is 2.15. The van der Waals surface area contributed by atoms with Crippen LogP contribution in [0.15, 0.2) is 34.7 Å². The average molecular weight is 344 g/mol. The molecule has 0 aliphatic heterocycles. The normalized spacial score (nSPS) is 10.8. The molecule has 2 heterocycles. The van der Waals surface area contributed by atoms with Crippen LogP contribution in [0.5, 0.6) is 11.5 Å². The zero-order valence-corrected chi connectivity index (χ0v) is 14.3. The molecule has 2 aromatic heterocycles. The summed E-state index contributed by atoms with van der Waals surface area (Å²) in [5.74, 6) is 1.11. The maximum atomic E-state index is 12.7. The number of aromatic nitrogens is 2. The Balaban J connectivity index is 2.20. The maximum absolute atomic E-state index is 12.7. The predicted octanol–water partition coefficient (Wildman–Crippen LogP) is 2.73. The fourth-order valence-corrected chi connectivity index (χ4v) is 3.44. The van der Waals surface area contributed by atoms with Crippen molar-refractivity contribution in [1.82, 2.24) is 9.55 Å². The van der Waals surface area contributed by atoms with Crippen molar-refractivity contribution in [3.8, 4) is 22.6 Å². The minimum absolute atomic E-state index is 0.0169. The summed E-state index contributed by atoms with van der Waals surface area (Å²) in [5, 5.41) is 2.40. The van der Waals surface area contributed by atoms with Gasteiger partial charge in [-0.15, -0.1) is 11.3 Å². The van der Waals surface area contributed by atoms with E-state index in [1.54, 1.807) is 20.3 Å². The number of thiophene rings is 1. The lowest BCUT2D eigenvalue weighted by Gasteiger charge is -2.09. The van der Waals surface area contributed by atoms with Gasteiger partial charge in [-0.2, -0.15) is 0 Å². The summed E-state index contributed by atoms with van der Waals surface area (Å²) in [7, 11) is 3.14. The second kappa shape index (κ2) is 6.45. The molecule has 3 rings (SSSR count). The van der Waals surface area contributed by atoms with E-state index in [2.05, 4.69) is 4.98 Å². The lowest BCUT2D eigenvalue weighted by atomic mass is 10.1. The molecule has 0 fully saturated rings. The van der Waals surface area contributed by atoms with Gasteiger partial charge in [-0.3, -0.25) is 14.2 Å². The van der Waals surface area contributed by atoms with Gasteiger partial charge in [0.25, 0.3) is 5.56 Å². The van der Waals surface area contributed by atoms with E-state index < -0.39 is 0 Å². The highest BCUT2D eigenvalue weighted by molar-refractivity contribution is 7.17. The van der Waals surface area contributed by atoms with Gasteiger partial charge >= 0.3 is 0 Å². The van der Waals surface area contributed by atoms with E-state index in [0.29, 0.717) is 21.7 Å². The molecule has 1 aromatic carbocycles. The van der Waals surface area contributed by atoms with Crippen molar-refractivity contribution >= 4 is 27.3 Å². The number of rotatable bonds is 5. The number of Topliss-reactive ketones (excluding diaryl/α,β-unsaturated/α-hetero) is 1. The second-order valence-corrected chi connectivity index (χ2v) is 6.14. The molecule has 0 unspecified atom stereocenters. The van der Waals surface area contributed by atoms with E-state index in [1.165, 1.54) is 29.2 Å². The highest BCUT2D eigenvalue weighted by atomic mass is 32.1. The largest absolute Gasteiger partial charge is 0.493 e. The van der Waals surface area contributed by atoms with Crippen LogP contribution >= 0.6 is 11.3 Å². The fraction of sp³-hybridized carbons (Fsp3) is 0.235. The third-order valence-electron chi connectivity index (χ3n) is 3.65. The van der Waals surface area contributed by atoms with E-state index in [9.17, 15) is 9.59 Å². The number of benzene rings is 1. The SMILES string of the molecule is COc1ccc(-c2csc3ncn(CC(C)=O)c(=O)c23)cc1OC. The Kier molecular flexibility index (Phi) is 4.35. The molecule has 0 amide bonds. The minimum atomic E-state index is -0.221. The molecule has 0 N–H and O–H groups in total. The number of nitrogens with zero attached hydrogens (tertiary/aromatic N) is 2. The van der Waals surface area contributed by atoms with E-state index in [0.717, 1.165) is 11.1 Å². The summed E-state index contributed by atoms with van der Waals surface area (Å²) in [6.45, 7) is 1.46. The summed E-state index contributed by atoms with van der Waals surface area (Å²) >= 11 is 1.39. The lowest BCUT2D eigenvalue weighted by molar-refractivity contribution is -0.117. The van der Waals surface area contributed by atoms with Gasteiger partial charge < -0.3 is 9.47 Å². The third kappa shape index (κ3) is 2.78. The number of hydrogen-bond acceptors (Lipinski definition) is 6. The van der Waals surface area contributed by atoms with Crippen molar-refractivity contribution < 1.29 is 14.3 Å². The molecule has 6 nitrogen and oxygen atoms in total. The van der Waals surface area contributed by atoms with Crippen molar-refractivity contribution in [1.29, 1.82) is 0 Å². The lowest BCUT2D eigenvalue weighted by Crippen LogP contribution is -2.23. The molecular formula is C17H16N2O4S. The molecule has 124 valence electrons. The first-order valence-corrected chi connectivity index (χ1v) is 8.11. The van der Waals surface area contributed by atoms with Crippen molar-refractivity contribution in [2.75, 3.05) is 14.2 Å². The topological polar surface area (TPSA) is 70.4 Å². The van der Waals surface area contributed by atoms with Crippen LogP contribution in [0.4, 0.5) is 0 Å². The zero-order valence-electron chi connectivity index (χ0n) is 13.5. The van der Waals surface area contributed by atoms with Crippen LogP contribution < -0.4 is 15.0 Å². The third-order valence-corrected chi connectivity index (χ3v) is 4.53. The first kappa shape index (κ1) is 16.2. The van der Waals surface area contributed by atoms with Gasteiger partial charge in [-0.1, -0.05) is 6.07 Å². The molecule has 0 radical (unpaired) electrons. The number of fused-ring (bicyclic) bond motifs is 1. The number of ketones is 1. The Labute approximate surface area is 142 Å². The number of carbonyl (C=O) groups excluding carboxylic acids is 1. The molecule has 0 saturated carbocycles. The second-order valence-electron chi connectivity index (χ2n) is 5.28. The van der Waals surface area contributed by atoms with Gasteiger partial charge in [0.2, 0.25) is 0 Å². The molecule has 3 aromatic rings. The summed E-state index contributed by atoms with van der Waals surface area (Å²) in [5.41, 5.74) is 1.38. The van der Waals surface area contributed by atoms with Crippen LogP contribution in [0, 0.1) is 0 Å². The molecule has 0 atom stereocenters. The van der Waals surface area contributed by atoms with Crippen LogP contribution in [0.3, 0.4) is 0 Å². The van der Waals surface area contributed by atoms with E-state index in [4.69, 9.17) is 9.47 Å². The Hall–Kier alpha value is -2.67. The molecule has 0 bridgehead atoms. The smallest absolute Gasteiger partial charge is 0.263 e. The van der Waals surface area contributed by atoms with Gasteiger partial charge in [0.05, 0.1) is 32.5 Å². The van der Waals surface area contributed by atoms with Gasteiger partial charge in [-0.25, -0.2) is 4.98 Å². The highest BCUT2D eigenvalue weighted by Crippen LogP contribution is 2.36. The molecule has 7 heteroatoms. The van der Waals surface area contributed by atoms with Crippen LogP contribution in [0.2, 0.25) is 0 Å². The molecule has 0 saturated heterocycles. The van der Waals surface area contributed by atoms with Crippen LogP contribution in [0.25, 0.3) is 21.3 Å². The molecule has 24 heavy (non-hydrogen) atoms. The summed E-state index contributed by atoms with van der Waals surface area (Å²) in [4.78, 5) is 29.0.